The fourth-order valence-electron chi connectivity index (χ4n) is 1.70. The Morgan fingerprint density at radius 1 is 0.947 bits per heavy atom. The van der Waals surface area contributed by atoms with Gasteiger partial charge in [-0.25, -0.2) is 0 Å². The van der Waals surface area contributed by atoms with Gasteiger partial charge in [-0.3, -0.25) is 0 Å². The maximum Gasteiger partial charge on any atom is 0.416 e. The first kappa shape index (κ1) is 13.9. The molecule has 0 radical (unpaired) electrons. The van der Waals surface area contributed by atoms with E-state index in [1.807, 2.05) is 24.3 Å². The molecule has 0 N–H and O–H groups in total. The van der Waals surface area contributed by atoms with Gasteiger partial charge in [0.15, 0.2) is 0 Å². The second-order valence-electron chi connectivity index (χ2n) is 4.06. The number of rotatable bonds is 2. The number of hydrogen-bond donors (Lipinski definition) is 0. The molecule has 0 heterocycles. The normalized spacial score (nSPS) is 11.4. The van der Waals surface area contributed by atoms with Crippen molar-refractivity contribution in [3.05, 3.63) is 76.3 Å². The van der Waals surface area contributed by atoms with E-state index in [1.165, 1.54) is 6.07 Å². The molecule has 0 atom stereocenters. The summed E-state index contributed by atoms with van der Waals surface area (Å²) in [7, 11) is 0. The number of benzene rings is 2. The van der Waals surface area contributed by atoms with Gasteiger partial charge in [0.2, 0.25) is 0 Å². The smallest absolute Gasteiger partial charge is 0.166 e. The summed E-state index contributed by atoms with van der Waals surface area (Å²) in [4.78, 5) is 0. The Labute approximate surface area is 117 Å². The molecule has 0 fully saturated rings. The molecule has 0 aliphatic rings. The van der Waals surface area contributed by atoms with Crippen LogP contribution >= 0.6 is 15.9 Å². The molecule has 0 nitrogen and oxygen atoms in total. The molecule has 2 aromatic carbocycles. The van der Waals surface area contributed by atoms with Crippen molar-refractivity contribution in [3.63, 3.8) is 0 Å². The highest BCUT2D eigenvalue weighted by atomic mass is 79.9. The summed E-state index contributed by atoms with van der Waals surface area (Å²) in [6.07, 6.45) is -4.34. The Kier molecular flexibility index (Phi) is 3.80. The Bertz CT molecular complexity index is 598. The zero-order valence-electron chi connectivity index (χ0n) is 9.84. The summed E-state index contributed by atoms with van der Waals surface area (Å²) >= 11 is 3.31. The highest BCUT2D eigenvalue weighted by Gasteiger charge is 2.30. The monoisotopic (exact) mass is 326 g/mol. The molecule has 2 rings (SSSR count). The zero-order chi connectivity index (χ0) is 14.0. The van der Waals surface area contributed by atoms with E-state index >= 15 is 0 Å². The van der Waals surface area contributed by atoms with E-state index in [1.54, 1.807) is 6.07 Å². The van der Waals surface area contributed by atoms with Crippen molar-refractivity contribution < 1.29 is 13.2 Å². The van der Waals surface area contributed by atoms with E-state index in [2.05, 4.69) is 22.5 Å². The van der Waals surface area contributed by atoms with Crippen molar-refractivity contribution in [2.24, 2.45) is 0 Å². The summed E-state index contributed by atoms with van der Waals surface area (Å²) in [5.41, 5.74) is 1.17. The van der Waals surface area contributed by atoms with Gasteiger partial charge in [0.25, 0.3) is 0 Å². The van der Waals surface area contributed by atoms with E-state index in [9.17, 15) is 13.2 Å². The average molecular weight is 327 g/mol. The highest BCUT2D eigenvalue weighted by Crippen LogP contribution is 2.32. The van der Waals surface area contributed by atoms with Crippen LogP contribution < -0.4 is 0 Å². The predicted molar refractivity (Wildman–Crippen MR) is 73.7 cm³/mol. The maximum absolute atomic E-state index is 12.7. The maximum atomic E-state index is 12.7. The second kappa shape index (κ2) is 5.21. The van der Waals surface area contributed by atoms with Crippen molar-refractivity contribution in [2.75, 3.05) is 0 Å². The Morgan fingerprint density at radius 3 is 2.16 bits per heavy atom. The van der Waals surface area contributed by atoms with Crippen molar-refractivity contribution in [2.45, 2.75) is 6.18 Å². The van der Waals surface area contributed by atoms with Crippen LogP contribution in [0.25, 0.3) is 5.57 Å². The minimum absolute atomic E-state index is 0.470. The third kappa shape index (κ3) is 3.26. The van der Waals surface area contributed by atoms with E-state index in [0.717, 1.165) is 22.2 Å². The zero-order valence-corrected chi connectivity index (χ0v) is 11.4. The molecule has 98 valence electrons. The lowest BCUT2D eigenvalue weighted by molar-refractivity contribution is -0.137. The summed E-state index contributed by atoms with van der Waals surface area (Å²) < 4.78 is 38.9. The number of alkyl halides is 3. The quantitative estimate of drug-likeness (QED) is 0.680. The van der Waals surface area contributed by atoms with Crippen LogP contribution in [0.5, 0.6) is 0 Å². The second-order valence-corrected chi connectivity index (χ2v) is 4.98. The van der Waals surface area contributed by atoms with E-state index in [-0.39, 0.29) is 0 Å². The van der Waals surface area contributed by atoms with Gasteiger partial charge >= 0.3 is 6.18 Å². The molecular weight excluding hydrogens is 317 g/mol. The van der Waals surface area contributed by atoms with E-state index in [0.29, 0.717) is 11.1 Å². The Hall–Kier alpha value is -1.55. The number of hydrogen-bond acceptors (Lipinski definition) is 0. The topological polar surface area (TPSA) is 0 Å². The van der Waals surface area contributed by atoms with E-state index < -0.39 is 11.7 Å². The van der Waals surface area contributed by atoms with Crippen LogP contribution in [0.4, 0.5) is 13.2 Å². The minimum Gasteiger partial charge on any atom is -0.166 e. The minimum atomic E-state index is -4.34. The summed E-state index contributed by atoms with van der Waals surface area (Å²) in [6, 6.07) is 12.5. The van der Waals surface area contributed by atoms with Gasteiger partial charge in [-0.05, 0) is 41.0 Å². The van der Waals surface area contributed by atoms with Gasteiger partial charge in [0.05, 0.1) is 5.56 Å². The molecule has 0 bridgehead atoms. The van der Waals surface area contributed by atoms with Gasteiger partial charge in [0.1, 0.15) is 0 Å². The van der Waals surface area contributed by atoms with Crippen LogP contribution in [0.2, 0.25) is 0 Å². The van der Waals surface area contributed by atoms with Crippen LogP contribution in [0.1, 0.15) is 16.7 Å². The van der Waals surface area contributed by atoms with Gasteiger partial charge in [-0.15, -0.1) is 0 Å². The van der Waals surface area contributed by atoms with Crippen LogP contribution in [0.15, 0.2) is 59.6 Å². The largest absolute Gasteiger partial charge is 0.416 e. The lowest BCUT2D eigenvalue weighted by Gasteiger charge is -2.11. The molecular formula is C15H10BrF3. The lowest BCUT2D eigenvalue weighted by atomic mass is 9.98. The molecule has 19 heavy (non-hydrogen) atoms. The molecule has 0 aromatic heterocycles. The molecule has 0 unspecified atom stereocenters. The predicted octanol–water partition coefficient (Wildman–Crippen LogP) is 5.53. The molecule has 0 saturated carbocycles. The molecule has 0 aliphatic carbocycles. The molecule has 0 saturated heterocycles. The Morgan fingerprint density at radius 2 is 1.58 bits per heavy atom. The summed E-state index contributed by atoms with van der Waals surface area (Å²) in [5, 5.41) is 0. The molecule has 4 heteroatoms. The summed E-state index contributed by atoms with van der Waals surface area (Å²) in [5.74, 6) is 0. The first-order valence-corrected chi connectivity index (χ1v) is 6.30. The average Bonchev–Trinajstić information content (AvgIpc) is 2.38. The van der Waals surface area contributed by atoms with E-state index in [4.69, 9.17) is 0 Å². The van der Waals surface area contributed by atoms with Crippen LogP contribution in [-0.2, 0) is 6.18 Å². The first-order valence-electron chi connectivity index (χ1n) is 5.50. The third-order valence-electron chi connectivity index (χ3n) is 2.73. The van der Waals surface area contributed by atoms with Gasteiger partial charge in [-0.1, -0.05) is 46.8 Å². The molecule has 2 aromatic rings. The highest BCUT2D eigenvalue weighted by molar-refractivity contribution is 9.10. The van der Waals surface area contributed by atoms with Gasteiger partial charge in [0, 0.05) is 4.47 Å². The fraction of sp³-hybridized carbons (Fsp3) is 0.0667. The first-order chi connectivity index (χ1) is 8.88. The van der Waals surface area contributed by atoms with Crippen LogP contribution in [0, 0.1) is 0 Å². The van der Waals surface area contributed by atoms with Crippen molar-refractivity contribution in [3.8, 4) is 0 Å². The standard InChI is InChI=1S/C15H10BrF3/c1-10(11-5-7-14(16)8-6-11)12-3-2-4-13(9-12)15(17,18)19/h2-9H,1H2. The molecule has 0 spiro atoms. The fourth-order valence-corrected chi connectivity index (χ4v) is 1.97. The summed E-state index contributed by atoms with van der Waals surface area (Å²) in [6.45, 7) is 3.87. The van der Waals surface area contributed by atoms with Crippen molar-refractivity contribution >= 4 is 21.5 Å². The van der Waals surface area contributed by atoms with Crippen LogP contribution in [0.3, 0.4) is 0 Å². The molecule has 0 aliphatic heterocycles. The van der Waals surface area contributed by atoms with Crippen molar-refractivity contribution in [1.82, 2.24) is 0 Å². The van der Waals surface area contributed by atoms with Crippen molar-refractivity contribution in [1.29, 1.82) is 0 Å². The molecule has 0 amide bonds. The van der Waals surface area contributed by atoms with Gasteiger partial charge in [-0.2, -0.15) is 13.2 Å². The lowest BCUT2D eigenvalue weighted by Crippen LogP contribution is -2.05. The Balaban J connectivity index is 2.37. The van der Waals surface area contributed by atoms with Crippen LogP contribution in [-0.4, -0.2) is 0 Å². The SMILES string of the molecule is C=C(c1ccc(Br)cc1)c1cccc(C(F)(F)F)c1. The third-order valence-corrected chi connectivity index (χ3v) is 3.26. The number of halogens is 4. The van der Waals surface area contributed by atoms with Gasteiger partial charge < -0.3 is 0 Å².